The SMILES string of the molecule is CCOc1ccccc1C=CCN. The molecule has 0 bridgehead atoms. The van der Waals surface area contributed by atoms with Gasteiger partial charge in [-0.05, 0) is 13.0 Å². The molecule has 0 aliphatic rings. The third-order valence-corrected chi connectivity index (χ3v) is 1.65. The van der Waals surface area contributed by atoms with E-state index in [1.54, 1.807) is 0 Å². The van der Waals surface area contributed by atoms with Crippen molar-refractivity contribution in [1.29, 1.82) is 0 Å². The Hall–Kier alpha value is -1.28. The fourth-order valence-corrected chi connectivity index (χ4v) is 1.10. The van der Waals surface area contributed by atoms with Crippen molar-refractivity contribution in [3.8, 4) is 5.75 Å². The molecular weight excluding hydrogens is 162 g/mol. The Morgan fingerprint density at radius 2 is 2.15 bits per heavy atom. The fraction of sp³-hybridized carbons (Fsp3) is 0.273. The van der Waals surface area contributed by atoms with Crippen LogP contribution in [-0.4, -0.2) is 13.2 Å². The maximum absolute atomic E-state index is 5.44. The zero-order chi connectivity index (χ0) is 9.52. The van der Waals surface area contributed by atoms with Gasteiger partial charge in [-0.25, -0.2) is 0 Å². The van der Waals surface area contributed by atoms with Crippen LogP contribution in [0.25, 0.3) is 6.08 Å². The lowest BCUT2D eigenvalue weighted by Gasteiger charge is -2.05. The molecule has 70 valence electrons. The van der Waals surface area contributed by atoms with Gasteiger partial charge in [-0.15, -0.1) is 0 Å². The second-order valence-corrected chi connectivity index (χ2v) is 2.61. The zero-order valence-electron chi connectivity index (χ0n) is 7.86. The Labute approximate surface area is 79.0 Å². The molecule has 0 heterocycles. The normalized spacial score (nSPS) is 10.6. The summed E-state index contributed by atoms with van der Waals surface area (Å²) in [5.74, 6) is 0.912. The minimum absolute atomic E-state index is 0.556. The number of ether oxygens (including phenoxy) is 1. The summed E-state index contributed by atoms with van der Waals surface area (Å²) in [4.78, 5) is 0. The summed E-state index contributed by atoms with van der Waals surface area (Å²) < 4.78 is 5.44. The number of nitrogens with two attached hydrogens (primary N) is 1. The van der Waals surface area contributed by atoms with Gasteiger partial charge in [0, 0.05) is 12.1 Å². The summed E-state index contributed by atoms with van der Waals surface area (Å²) >= 11 is 0. The Morgan fingerprint density at radius 1 is 1.38 bits per heavy atom. The molecule has 0 saturated carbocycles. The zero-order valence-corrected chi connectivity index (χ0v) is 7.86. The van der Waals surface area contributed by atoms with Gasteiger partial charge in [-0.1, -0.05) is 30.4 Å². The fourth-order valence-electron chi connectivity index (χ4n) is 1.10. The van der Waals surface area contributed by atoms with Crippen LogP contribution in [0.2, 0.25) is 0 Å². The molecule has 0 unspecified atom stereocenters. The molecule has 0 spiro atoms. The Kier molecular flexibility index (Phi) is 4.06. The van der Waals surface area contributed by atoms with Gasteiger partial charge in [0.05, 0.1) is 6.61 Å². The quantitative estimate of drug-likeness (QED) is 0.764. The second kappa shape index (κ2) is 5.38. The Balaban J connectivity index is 2.84. The average Bonchev–Trinajstić information content (AvgIpc) is 2.17. The molecule has 2 heteroatoms. The lowest BCUT2D eigenvalue weighted by atomic mass is 10.2. The molecular formula is C11H15NO. The molecule has 1 aromatic rings. The minimum Gasteiger partial charge on any atom is -0.493 e. The summed E-state index contributed by atoms with van der Waals surface area (Å²) in [5, 5.41) is 0. The molecule has 0 aliphatic heterocycles. The highest BCUT2D eigenvalue weighted by Crippen LogP contribution is 2.18. The van der Waals surface area contributed by atoms with Gasteiger partial charge >= 0.3 is 0 Å². The lowest BCUT2D eigenvalue weighted by molar-refractivity contribution is 0.339. The molecule has 0 radical (unpaired) electrons. The minimum atomic E-state index is 0.556. The highest BCUT2D eigenvalue weighted by molar-refractivity contribution is 5.57. The van der Waals surface area contributed by atoms with Crippen molar-refractivity contribution >= 4 is 6.08 Å². The number of hydrogen-bond donors (Lipinski definition) is 1. The van der Waals surface area contributed by atoms with E-state index in [0.29, 0.717) is 13.2 Å². The molecule has 0 atom stereocenters. The van der Waals surface area contributed by atoms with Gasteiger partial charge in [0.25, 0.3) is 0 Å². The van der Waals surface area contributed by atoms with Crippen LogP contribution in [0.1, 0.15) is 12.5 Å². The van der Waals surface area contributed by atoms with Crippen molar-refractivity contribution in [1.82, 2.24) is 0 Å². The summed E-state index contributed by atoms with van der Waals surface area (Å²) in [6, 6.07) is 7.92. The molecule has 0 fully saturated rings. The monoisotopic (exact) mass is 177 g/mol. The van der Waals surface area contributed by atoms with E-state index in [4.69, 9.17) is 10.5 Å². The molecule has 2 N–H and O–H groups in total. The third kappa shape index (κ3) is 2.92. The van der Waals surface area contributed by atoms with E-state index in [9.17, 15) is 0 Å². The highest BCUT2D eigenvalue weighted by Gasteiger charge is 1.96. The molecule has 13 heavy (non-hydrogen) atoms. The van der Waals surface area contributed by atoms with Crippen molar-refractivity contribution in [2.24, 2.45) is 5.73 Å². The van der Waals surface area contributed by atoms with Crippen molar-refractivity contribution < 1.29 is 4.74 Å². The van der Waals surface area contributed by atoms with Crippen LogP contribution in [0.4, 0.5) is 0 Å². The third-order valence-electron chi connectivity index (χ3n) is 1.65. The van der Waals surface area contributed by atoms with E-state index in [0.717, 1.165) is 11.3 Å². The van der Waals surface area contributed by atoms with E-state index >= 15 is 0 Å². The Morgan fingerprint density at radius 3 is 2.85 bits per heavy atom. The number of para-hydroxylation sites is 1. The molecule has 0 aliphatic carbocycles. The van der Waals surface area contributed by atoms with Gasteiger partial charge in [0.2, 0.25) is 0 Å². The standard InChI is InChI=1S/C11H15NO/c1-2-13-11-8-4-3-6-10(11)7-5-9-12/h3-8H,2,9,12H2,1H3. The van der Waals surface area contributed by atoms with E-state index in [2.05, 4.69) is 0 Å². The first-order valence-electron chi connectivity index (χ1n) is 4.47. The van der Waals surface area contributed by atoms with Crippen LogP contribution in [0.5, 0.6) is 5.75 Å². The van der Waals surface area contributed by atoms with Crippen molar-refractivity contribution in [3.63, 3.8) is 0 Å². The maximum Gasteiger partial charge on any atom is 0.126 e. The van der Waals surface area contributed by atoms with Gasteiger partial charge in [0.1, 0.15) is 5.75 Å². The molecule has 1 rings (SSSR count). The first-order valence-corrected chi connectivity index (χ1v) is 4.47. The van der Waals surface area contributed by atoms with Crippen LogP contribution >= 0.6 is 0 Å². The molecule has 1 aromatic carbocycles. The predicted molar refractivity (Wildman–Crippen MR) is 55.7 cm³/mol. The second-order valence-electron chi connectivity index (χ2n) is 2.61. The van der Waals surface area contributed by atoms with Crippen LogP contribution in [0, 0.1) is 0 Å². The Bertz CT molecular complexity index is 281. The van der Waals surface area contributed by atoms with E-state index in [-0.39, 0.29) is 0 Å². The molecule has 0 aromatic heterocycles. The first-order chi connectivity index (χ1) is 6.38. The van der Waals surface area contributed by atoms with Gasteiger partial charge in [-0.3, -0.25) is 0 Å². The molecule has 0 saturated heterocycles. The summed E-state index contributed by atoms with van der Waals surface area (Å²) in [6.45, 7) is 3.22. The number of rotatable bonds is 4. The van der Waals surface area contributed by atoms with E-state index in [1.807, 2.05) is 43.3 Å². The highest BCUT2D eigenvalue weighted by atomic mass is 16.5. The summed E-state index contributed by atoms with van der Waals surface area (Å²) in [6.07, 6.45) is 3.89. The summed E-state index contributed by atoms with van der Waals surface area (Å²) in [5.41, 5.74) is 6.45. The smallest absolute Gasteiger partial charge is 0.126 e. The van der Waals surface area contributed by atoms with E-state index in [1.165, 1.54) is 0 Å². The van der Waals surface area contributed by atoms with Crippen molar-refractivity contribution in [3.05, 3.63) is 35.9 Å². The predicted octanol–water partition coefficient (Wildman–Crippen LogP) is 2.06. The summed E-state index contributed by atoms with van der Waals surface area (Å²) in [7, 11) is 0. The van der Waals surface area contributed by atoms with Crippen molar-refractivity contribution in [2.75, 3.05) is 13.2 Å². The average molecular weight is 177 g/mol. The van der Waals surface area contributed by atoms with Gasteiger partial charge in [0.15, 0.2) is 0 Å². The lowest BCUT2D eigenvalue weighted by Crippen LogP contribution is -1.95. The van der Waals surface area contributed by atoms with Crippen LogP contribution in [0.15, 0.2) is 30.3 Å². The van der Waals surface area contributed by atoms with E-state index < -0.39 is 0 Å². The van der Waals surface area contributed by atoms with Gasteiger partial charge in [-0.2, -0.15) is 0 Å². The van der Waals surface area contributed by atoms with Gasteiger partial charge < -0.3 is 10.5 Å². The van der Waals surface area contributed by atoms with Crippen molar-refractivity contribution in [2.45, 2.75) is 6.92 Å². The number of hydrogen-bond acceptors (Lipinski definition) is 2. The van der Waals surface area contributed by atoms with Crippen LogP contribution < -0.4 is 10.5 Å². The van der Waals surface area contributed by atoms with Crippen LogP contribution in [0.3, 0.4) is 0 Å². The maximum atomic E-state index is 5.44. The molecule has 2 nitrogen and oxygen atoms in total. The first kappa shape index (κ1) is 9.81. The molecule has 0 amide bonds. The largest absolute Gasteiger partial charge is 0.493 e. The number of benzene rings is 1. The van der Waals surface area contributed by atoms with Crippen LogP contribution in [-0.2, 0) is 0 Å². The topological polar surface area (TPSA) is 35.2 Å².